The number of hydrogen-bond acceptors (Lipinski definition) is 5. The van der Waals surface area contributed by atoms with Crippen LogP contribution in [0.25, 0.3) is 0 Å². The Morgan fingerprint density at radius 1 is 0.955 bits per heavy atom. The van der Waals surface area contributed by atoms with E-state index in [-0.39, 0.29) is 16.9 Å². The first kappa shape index (κ1) is 16.4. The fourth-order valence-electron chi connectivity index (χ4n) is 2.50. The van der Waals surface area contributed by atoms with Crippen LogP contribution in [-0.4, -0.2) is 25.7 Å². The standard InChI is InChI=1S/C16H19NO4S/c1-2-3-4-7-10-22(20,21)16-13(17)14(18)11-8-5-6-9-12(11)15(16)19/h5-6,8-9H,2-4,7,10,17H2,1H3. The zero-order valence-corrected chi connectivity index (χ0v) is 13.3. The zero-order chi connectivity index (χ0) is 16.3. The van der Waals surface area contributed by atoms with Crippen molar-refractivity contribution >= 4 is 21.4 Å². The molecule has 1 aromatic carbocycles. The Kier molecular flexibility index (Phi) is 4.81. The number of benzene rings is 1. The second kappa shape index (κ2) is 6.44. The molecule has 0 aromatic heterocycles. The minimum atomic E-state index is -3.85. The van der Waals surface area contributed by atoms with Gasteiger partial charge in [-0.3, -0.25) is 9.59 Å². The molecular formula is C16H19NO4S. The largest absolute Gasteiger partial charge is 0.394 e. The molecule has 1 aliphatic carbocycles. The summed E-state index contributed by atoms with van der Waals surface area (Å²) < 4.78 is 24.8. The number of rotatable bonds is 6. The summed E-state index contributed by atoms with van der Waals surface area (Å²) in [5.74, 6) is -1.44. The van der Waals surface area contributed by atoms with Gasteiger partial charge in [-0.15, -0.1) is 0 Å². The van der Waals surface area contributed by atoms with Crippen molar-refractivity contribution in [2.75, 3.05) is 5.75 Å². The van der Waals surface area contributed by atoms with E-state index in [4.69, 9.17) is 5.73 Å². The van der Waals surface area contributed by atoms with Crippen molar-refractivity contribution in [3.63, 3.8) is 0 Å². The van der Waals surface area contributed by atoms with Crippen molar-refractivity contribution in [2.45, 2.75) is 32.6 Å². The SMILES string of the molecule is CCCCCCS(=O)(=O)C1=C(N)C(=O)c2ccccc2C1=O. The summed E-state index contributed by atoms with van der Waals surface area (Å²) in [7, 11) is -3.85. The normalized spacial score (nSPS) is 15.1. The van der Waals surface area contributed by atoms with Gasteiger partial charge >= 0.3 is 0 Å². The molecule has 0 unspecified atom stereocenters. The lowest BCUT2D eigenvalue weighted by Gasteiger charge is -2.18. The van der Waals surface area contributed by atoms with Crippen molar-refractivity contribution in [1.29, 1.82) is 0 Å². The van der Waals surface area contributed by atoms with Gasteiger partial charge in [0.1, 0.15) is 10.6 Å². The molecular weight excluding hydrogens is 302 g/mol. The molecule has 2 N–H and O–H groups in total. The summed E-state index contributed by atoms with van der Waals surface area (Å²) in [6.07, 6.45) is 3.13. The molecule has 0 saturated carbocycles. The van der Waals surface area contributed by atoms with Crippen LogP contribution >= 0.6 is 0 Å². The van der Waals surface area contributed by atoms with Crippen LogP contribution in [0.2, 0.25) is 0 Å². The lowest BCUT2D eigenvalue weighted by molar-refractivity contribution is 0.0979. The second-order valence-electron chi connectivity index (χ2n) is 5.33. The topological polar surface area (TPSA) is 94.3 Å². The fourth-order valence-corrected chi connectivity index (χ4v) is 4.11. The van der Waals surface area contributed by atoms with Crippen LogP contribution in [0.15, 0.2) is 34.9 Å². The minimum absolute atomic E-state index is 0.105. The van der Waals surface area contributed by atoms with Gasteiger partial charge in [0.05, 0.1) is 5.75 Å². The number of hydrogen-bond donors (Lipinski definition) is 1. The fraction of sp³-hybridized carbons (Fsp3) is 0.375. The molecule has 2 rings (SSSR count). The Balaban J connectivity index is 2.36. The van der Waals surface area contributed by atoms with Gasteiger partial charge in [-0.05, 0) is 6.42 Å². The third-order valence-corrected chi connectivity index (χ3v) is 5.54. The van der Waals surface area contributed by atoms with Crippen molar-refractivity contribution in [3.05, 3.63) is 46.0 Å². The molecule has 1 aliphatic rings. The van der Waals surface area contributed by atoms with E-state index < -0.39 is 32.0 Å². The smallest absolute Gasteiger partial charge is 0.210 e. The van der Waals surface area contributed by atoms with Crippen LogP contribution in [-0.2, 0) is 9.84 Å². The van der Waals surface area contributed by atoms with Gasteiger partial charge in [-0.2, -0.15) is 0 Å². The molecule has 0 radical (unpaired) electrons. The van der Waals surface area contributed by atoms with Crippen LogP contribution in [0.4, 0.5) is 0 Å². The number of allylic oxidation sites excluding steroid dienone is 2. The summed E-state index contributed by atoms with van der Waals surface area (Å²) in [6.45, 7) is 2.02. The summed E-state index contributed by atoms with van der Waals surface area (Å²) in [4.78, 5) is 24.1. The predicted molar refractivity (Wildman–Crippen MR) is 84.2 cm³/mol. The van der Waals surface area contributed by atoms with Crippen LogP contribution in [0, 0.1) is 0 Å². The highest BCUT2D eigenvalue weighted by Gasteiger charge is 2.37. The zero-order valence-electron chi connectivity index (χ0n) is 12.5. The van der Waals surface area contributed by atoms with Crippen molar-refractivity contribution in [3.8, 4) is 0 Å². The van der Waals surface area contributed by atoms with E-state index in [1.165, 1.54) is 12.1 Å². The number of ketones is 2. The number of fused-ring (bicyclic) bond motifs is 1. The quantitative estimate of drug-likeness (QED) is 0.811. The monoisotopic (exact) mass is 321 g/mol. The van der Waals surface area contributed by atoms with Crippen molar-refractivity contribution < 1.29 is 18.0 Å². The van der Waals surface area contributed by atoms with Gasteiger partial charge in [0.25, 0.3) is 0 Å². The van der Waals surface area contributed by atoms with E-state index in [0.29, 0.717) is 6.42 Å². The molecule has 5 nitrogen and oxygen atoms in total. The number of carbonyl (C=O) groups excluding carboxylic acids is 2. The van der Waals surface area contributed by atoms with Crippen LogP contribution in [0.3, 0.4) is 0 Å². The number of unbranched alkanes of at least 4 members (excludes halogenated alkanes) is 3. The second-order valence-corrected chi connectivity index (χ2v) is 7.37. The van der Waals surface area contributed by atoms with E-state index in [1.807, 2.05) is 6.92 Å². The highest BCUT2D eigenvalue weighted by atomic mass is 32.2. The van der Waals surface area contributed by atoms with E-state index in [1.54, 1.807) is 12.1 Å². The highest BCUT2D eigenvalue weighted by Crippen LogP contribution is 2.28. The van der Waals surface area contributed by atoms with Gasteiger partial charge in [0.15, 0.2) is 9.84 Å². The van der Waals surface area contributed by atoms with E-state index in [2.05, 4.69) is 0 Å². The summed E-state index contributed by atoms with van der Waals surface area (Å²) in [5.41, 5.74) is 5.48. The minimum Gasteiger partial charge on any atom is -0.394 e. The number of nitrogens with two attached hydrogens (primary N) is 1. The lowest BCUT2D eigenvalue weighted by Crippen LogP contribution is -2.31. The average Bonchev–Trinajstić information content (AvgIpc) is 2.49. The maximum absolute atomic E-state index is 12.4. The first-order chi connectivity index (χ1) is 10.4. The Labute approximate surface area is 130 Å². The van der Waals surface area contributed by atoms with Gasteiger partial charge in [0, 0.05) is 11.1 Å². The van der Waals surface area contributed by atoms with Crippen LogP contribution < -0.4 is 5.73 Å². The molecule has 22 heavy (non-hydrogen) atoms. The average molecular weight is 321 g/mol. The molecule has 1 aromatic rings. The number of Topliss-reactive ketones (excluding diaryl/α,β-unsaturated/α-hetero) is 2. The molecule has 0 bridgehead atoms. The molecule has 0 heterocycles. The molecule has 0 saturated heterocycles. The third-order valence-electron chi connectivity index (χ3n) is 3.69. The van der Waals surface area contributed by atoms with E-state index in [0.717, 1.165) is 19.3 Å². The Morgan fingerprint density at radius 2 is 1.55 bits per heavy atom. The summed E-state index contributed by atoms with van der Waals surface area (Å²) in [6, 6.07) is 6.14. The molecule has 6 heteroatoms. The van der Waals surface area contributed by atoms with Gasteiger partial charge in [-0.1, -0.05) is 50.5 Å². The molecule has 118 valence electrons. The third kappa shape index (κ3) is 2.97. The maximum Gasteiger partial charge on any atom is 0.210 e. The first-order valence-corrected chi connectivity index (χ1v) is 8.96. The van der Waals surface area contributed by atoms with Crippen molar-refractivity contribution in [2.24, 2.45) is 5.73 Å². The molecule has 0 amide bonds. The number of sulfone groups is 1. The maximum atomic E-state index is 12.4. The number of carbonyl (C=O) groups is 2. The van der Waals surface area contributed by atoms with Crippen LogP contribution in [0.5, 0.6) is 0 Å². The lowest BCUT2D eigenvalue weighted by atomic mass is 9.93. The Bertz CT molecular complexity index is 747. The van der Waals surface area contributed by atoms with E-state index >= 15 is 0 Å². The Hall–Kier alpha value is -1.95. The van der Waals surface area contributed by atoms with Gasteiger partial charge in [-0.25, -0.2) is 8.42 Å². The molecule has 0 fully saturated rings. The highest BCUT2D eigenvalue weighted by molar-refractivity contribution is 7.96. The summed E-state index contributed by atoms with van der Waals surface area (Å²) in [5, 5.41) is 0. The van der Waals surface area contributed by atoms with Crippen molar-refractivity contribution in [1.82, 2.24) is 0 Å². The Morgan fingerprint density at radius 3 is 2.14 bits per heavy atom. The molecule has 0 spiro atoms. The molecule has 0 aliphatic heterocycles. The predicted octanol–water partition coefficient (Wildman–Crippen LogP) is 2.23. The van der Waals surface area contributed by atoms with Gasteiger partial charge < -0.3 is 5.73 Å². The first-order valence-electron chi connectivity index (χ1n) is 7.31. The van der Waals surface area contributed by atoms with E-state index in [9.17, 15) is 18.0 Å². The molecule has 0 atom stereocenters. The summed E-state index contributed by atoms with van der Waals surface area (Å²) >= 11 is 0. The van der Waals surface area contributed by atoms with Crippen LogP contribution in [0.1, 0.15) is 53.3 Å². The van der Waals surface area contributed by atoms with Gasteiger partial charge in [0.2, 0.25) is 11.6 Å².